The summed E-state index contributed by atoms with van der Waals surface area (Å²) in [6.07, 6.45) is 1.66. The number of fused-ring (bicyclic) bond motifs is 2. The van der Waals surface area contributed by atoms with E-state index in [1.807, 2.05) is 6.07 Å². The van der Waals surface area contributed by atoms with E-state index < -0.39 is 0 Å². The van der Waals surface area contributed by atoms with Gasteiger partial charge in [0.1, 0.15) is 5.82 Å². The molecular weight excluding hydrogens is 353 g/mol. The van der Waals surface area contributed by atoms with Crippen LogP contribution >= 0.6 is 11.6 Å². The van der Waals surface area contributed by atoms with Crippen LogP contribution in [0.15, 0.2) is 54.7 Å². The van der Waals surface area contributed by atoms with Crippen molar-refractivity contribution in [1.82, 2.24) is 9.97 Å². The fourth-order valence-electron chi connectivity index (χ4n) is 2.91. The lowest BCUT2D eigenvalue weighted by atomic mass is 10.1. The number of amides is 1. The van der Waals surface area contributed by atoms with Gasteiger partial charge >= 0.3 is 0 Å². The average Bonchev–Trinajstić information content (AvgIpc) is 2.60. The molecule has 2 aromatic carbocycles. The molecule has 4 rings (SSSR count). The summed E-state index contributed by atoms with van der Waals surface area (Å²) in [5, 5.41) is 4.89. The SMILES string of the molecule is Cc1nc2cc(F)ccc2cc1C(=O)Nc1cc(Cl)cc2cccnc12. The van der Waals surface area contributed by atoms with Crippen LogP contribution < -0.4 is 5.32 Å². The number of carbonyl (C=O) groups is 1. The summed E-state index contributed by atoms with van der Waals surface area (Å²) in [6, 6.07) is 13.1. The third-order valence-corrected chi connectivity index (χ3v) is 4.35. The zero-order valence-corrected chi connectivity index (χ0v) is 14.5. The smallest absolute Gasteiger partial charge is 0.257 e. The largest absolute Gasteiger partial charge is 0.320 e. The zero-order chi connectivity index (χ0) is 18.3. The molecule has 0 fully saturated rings. The maximum Gasteiger partial charge on any atom is 0.257 e. The molecule has 0 unspecified atom stereocenters. The zero-order valence-electron chi connectivity index (χ0n) is 13.8. The van der Waals surface area contributed by atoms with Crippen molar-refractivity contribution in [2.75, 3.05) is 5.32 Å². The van der Waals surface area contributed by atoms with Gasteiger partial charge in [0.05, 0.1) is 28.0 Å². The van der Waals surface area contributed by atoms with Crippen molar-refractivity contribution in [3.8, 4) is 0 Å². The predicted octanol–water partition coefficient (Wildman–Crippen LogP) is 5.14. The lowest BCUT2D eigenvalue weighted by Crippen LogP contribution is -2.14. The Bertz CT molecular complexity index is 1180. The van der Waals surface area contributed by atoms with Gasteiger partial charge in [0.2, 0.25) is 0 Å². The number of pyridine rings is 2. The molecule has 4 nitrogen and oxygen atoms in total. The molecule has 4 aromatic rings. The molecule has 2 heterocycles. The van der Waals surface area contributed by atoms with Crippen LogP contribution in [0.25, 0.3) is 21.8 Å². The highest BCUT2D eigenvalue weighted by molar-refractivity contribution is 6.32. The van der Waals surface area contributed by atoms with Gasteiger partial charge in [-0.15, -0.1) is 0 Å². The van der Waals surface area contributed by atoms with Gasteiger partial charge in [0.15, 0.2) is 0 Å². The summed E-state index contributed by atoms with van der Waals surface area (Å²) in [6.45, 7) is 1.72. The van der Waals surface area contributed by atoms with Crippen molar-refractivity contribution in [1.29, 1.82) is 0 Å². The molecule has 1 N–H and O–H groups in total. The van der Waals surface area contributed by atoms with Gasteiger partial charge in [0, 0.05) is 28.1 Å². The van der Waals surface area contributed by atoms with E-state index in [9.17, 15) is 9.18 Å². The highest BCUT2D eigenvalue weighted by Gasteiger charge is 2.14. The van der Waals surface area contributed by atoms with E-state index >= 15 is 0 Å². The van der Waals surface area contributed by atoms with Crippen LogP contribution in [0, 0.1) is 12.7 Å². The van der Waals surface area contributed by atoms with Crippen molar-refractivity contribution in [3.63, 3.8) is 0 Å². The molecule has 0 radical (unpaired) electrons. The van der Waals surface area contributed by atoms with Crippen LogP contribution in [0.1, 0.15) is 16.1 Å². The number of aromatic nitrogens is 2. The third kappa shape index (κ3) is 2.97. The van der Waals surface area contributed by atoms with Gasteiger partial charge in [0.25, 0.3) is 5.91 Å². The molecule has 0 aliphatic rings. The Kier molecular flexibility index (Phi) is 4.01. The van der Waals surface area contributed by atoms with Crippen LogP contribution in [-0.2, 0) is 0 Å². The second-order valence-electron chi connectivity index (χ2n) is 5.94. The van der Waals surface area contributed by atoms with Gasteiger partial charge in [-0.1, -0.05) is 17.7 Å². The molecule has 0 spiro atoms. The number of anilines is 1. The van der Waals surface area contributed by atoms with Crippen LogP contribution in [-0.4, -0.2) is 15.9 Å². The minimum atomic E-state index is -0.363. The summed E-state index contributed by atoms with van der Waals surface area (Å²) in [4.78, 5) is 21.5. The first-order valence-corrected chi connectivity index (χ1v) is 8.31. The van der Waals surface area contributed by atoms with E-state index in [0.29, 0.717) is 38.4 Å². The maximum atomic E-state index is 13.4. The minimum absolute atomic E-state index is 0.324. The van der Waals surface area contributed by atoms with Gasteiger partial charge in [-0.25, -0.2) is 4.39 Å². The van der Waals surface area contributed by atoms with Crippen LogP contribution in [0.3, 0.4) is 0 Å². The topological polar surface area (TPSA) is 54.9 Å². The lowest BCUT2D eigenvalue weighted by Gasteiger charge is -2.11. The minimum Gasteiger partial charge on any atom is -0.320 e. The second-order valence-corrected chi connectivity index (χ2v) is 6.38. The summed E-state index contributed by atoms with van der Waals surface area (Å²) in [5.74, 6) is -0.687. The Hall–Kier alpha value is -3.05. The molecule has 6 heteroatoms. The van der Waals surface area contributed by atoms with Gasteiger partial charge in [-0.3, -0.25) is 14.8 Å². The highest BCUT2D eigenvalue weighted by Crippen LogP contribution is 2.27. The quantitative estimate of drug-likeness (QED) is 0.535. The fraction of sp³-hybridized carbons (Fsp3) is 0.0500. The summed E-state index contributed by atoms with van der Waals surface area (Å²) in [7, 11) is 0. The van der Waals surface area contributed by atoms with E-state index in [0.717, 1.165) is 5.39 Å². The van der Waals surface area contributed by atoms with Crippen molar-refractivity contribution in [2.45, 2.75) is 6.92 Å². The number of rotatable bonds is 2. The average molecular weight is 366 g/mol. The predicted molar refractivity (Wildman–Crippen MR) is 101 cm³/mol. The van der Waals surface area contributed by atoms with Crippen LogP contribution in [0.5, 0.6) is 0 Å². The fourth-order valence-corrected chi connectivity index (χ4v) is 3.13. The van der Waals surface area contributed by atoms with E-state index in [2.05, 4.69) is 15.3 Å². The molecule has 0 saturated heterocycles. The van der Waals surface area contributed by atoms with Crippen molar-refractivity contribution >= 4 is 45.0 Å². The molecule has 0 aliphatic carbocycles. The van der Waals surface area contributed by atoms with Crippen molar-refractivity contribution in [3.05, 3.63) is 76.8 Å². The van der Waals surface area contributed by atoms with E-state index in [1.165, 1.54) is 12.1 Å². The summed E-state index contributed by atoms with van der Waals surface area (Å²) in [5.41, 5.74) is 2.61. The second kappa shape index (κ2) is 6.35. The van der Waals surface area contributed by atoms with E-state index in [-0.39, 0.29) is 11.7 Å². The molecule has 0 saturated carbocycles. The van der Waals surface area contributed by atoms with Crippen LogP contribution in [0.4, 0.5) is 10.1 Å². The molecule has 26 heavy (non-hydrogen) atoms. The number of halogens is 2. The normalized spacial score (nSPS) is 11.0. The maximum absolute atomic E-state index is 13.4. The Morgan fingerprint density at radius 2 is 1.96 bits per heavy atom. The van der Waals surface area contributed by atoms with Gasteiger partial charge in [-0.2, -0.15) is 0 Å². The number of hydrogen-bond donors (Lipinski definition) is 1. The monoisotopic (exact) mass is 365 g/mol. The molecule has 128 valence electrons. The number of nitrogens with zero attached hydrogens (tertiary/aromatic N) is 2. The molecular formula is C20H13ClFN3O. The van der Waals surface area contributed by atoms with Crippen molar-refractivity contribution < 1.29 is 9.18 Å². The first kappa shape index (κ1) is 16.4. The number of hydrogen-bond acceptors (Lipinski definition) is 3. The third-order valence-electron chi connectivity index (χ3n) is 4.13. The first-order chi connectivity index (χ1) is 12.5. The molecule has 2 aromatic heterocycles. The highest BCUT2D eigenvalue weighted by atomic mass is 35.5. The Balaban J connectivity index is 1.76. The van der Waals surface area contributed by atoms with Gasteiger partial charge in [-0.05, 0) is 43.3 Å². The Morgan fingerprint density at radius 1 is 1.12 bits per heavy atom. The standard InChI is InChI=1S/C20H13ClFN3O/c1-11-16(8-12-4-5-15(22)10-17(12)24-11)20(26)25-18-9-14(21)7-13-3-2-6-23-19(13)18/h2-10H,1H3,(H,25,26). The summed E-state index contributed by atoms with van der Waals surface area (Å²) < 4.78 is 13.4. The number of carbonyl (C=O) groups excluding carboxylic acids is 1. The number of aryl methyl sites for hydroxylation is 1. The lowest BCUT2D eigenvalue weighted by molar-refractivity contribution is 0.102. The first-order valence-electron chi connectivity index (χ1n) is 7.94. The molecule has 0 atom stereocenters. The number of benzene rings is 2. The van der Waals surface area contributed by atoms with Crippen LogP contribution in [0.2, 0.25) is 5.02 Å². The van der Waals surface area contributed by atoms with Crippen molar-refractivity contribution in [2.24, 2.45) is 0 Å². The Morgan fingerprint density at radius 3 is 2.81 bits per heavy atom. The molecule has 0 aliphatic heterocycles. The number of nitrogens with one attached hydrogen (secondary N) is 1. The van der Waals surface area contributed by atoms with E-state index in [4.69, 9.17) is 11.6 Å². The molecule has 1 amide bonds. The molecule has 0 bridgehead atoms. The Labute approximate surface area is 153 Å². The van der Waals surface area contributed by atoms with E-state index in [1.54, 1.807) is 43.5 Å². The summed E-state index contributed by atoms with van der Waals surface area (Å²) >= 11 is 6.15. The van der Waals surface area contributed by atoms with Gasteiger partial charge < -0.3 is 5.32 Å².